The third-order valence-electron chi connectivity index (χ3n) is 5.87. The van der Waals surface area contributed by atoms with Gasteiger partial charge in [0.05, 0.1) is 22.5 Å². The number of ether oxygens (including phenoxy) is 1. The lowest BCUT2D eigenvalue weighted by Crippen LogP contribution is -2.35. The molecule has 4 heterocycles. The largest absolute Gasteiger partial charge is 0.444 e. The number of carbonyl (C=O) groups is 2. The fourth-order valence-electron chi connectivity index (χ4n) is 4.06. The number of pyridine rings is 1. The van der Waals surface area contributed by atoms with Gasteiger partial charge in [-0.1, -0.05) is 0 Å². The zero-order valence-electron chi connectivity index (χ0n) is 20.9. The van der Waals surface area contributed by atoms with E-state index in [-0.39, 0.29) is 24.0 Å². The van der Waals surface area contributed by atoms with Crippen molar-refractivity contribution in [3.8, 4) is 0 Å². The molecule has 2 amide bonds. The number of fused-ring (bicyclic) bond motifs is 1. The van der Waals surface area contributed by atoms with Crippen LogP contribution < -0.4 is 10.6 Å². The zero-order valence-corrected chi connectivity index (χ0v) is 21.7. The number of rotatable bonds is 7. The first-order chi connectivity index (χ1) is 17.1. The summed E-state index contributed by atoms with van der Waals surface area (Å²) >= 11 is 1.40. The SMILES string of the molecule is CC(Nc1nc(C(=O)NCCC2CCN(C(=O)OC(C)(C)C)C2)c2sccc2n1)c1cncc(F)c1. The molecule has 1 saturated heterocycles. The van der Waals surface area contributed by atoms with Crippen LogP contribution in [0.1, 0.15) is 62.6 Å². The van der Waals surface area contributed by atoms with E-state index < -0.39 is 11.4 Å². The highest BCUT2D eigenvalue weighted by atomic mass is 32.1. The van der Waals surface area contributed by atoms with E-state index in [4.69, 9.17) is 4.74 Å². The molecule has 1 aliphatic heterocycles. The molecule has 11 heteroatoms. The van der Waals surface area contributed by atoms with E-state index in [1.54, 1.807) is 11.1 Å². The highest BCUT2D eigenvalue weighted by Crippen LogP contribution is 2.26. The van der Waals surface area contributed by atoms with Crippen LogP contribution in [0.2, 0.25) is 0 Å². The van der Waals surface area contributed by atoms with Crippen LogP contribution in [0.4, 0.5) is 15.1 Å². The number of carbonyl (C=O) groups excluding carboxylic acids is 2. The number of hydrogen-bond donors (Lipinski definition) is 2. The van der Waals surface area contributed by atoms with Gasteiger partial charge >= 0.3 is 6.09 Å². The van der Waals surface area contributed by atoms with E-state index in [0.29, 0.717) is 47.0 Å². The lowest BCUT2D eigenvalue weighted by Gasteiger charge is -2.24. The van der Waals surface area contributed by atoms with Crippen LogP contribution in [-0.4, -0.2) is 57.1 Å². The summed E-state index contributed by atoms with van der Waals surface area (Å²) in [5, 5.41) is 7.97. The molecule has 0 aliphatic carbocycles. The fraction of sp³-hybridized carbons (Fsp3) is 0.480. The predicted molar refractivity (Wildman–Crippen MR) is 137 cm³/mol. The van der Waals surface area contributed by atoms with Crippen molar-refractivity contribution in [2.75, 3.05) is 25.0 Å². The summed E-state index contributed by atoms with van der Waals surface area (Å²) in [7, 11) is 0. The Balaban J connectivity index is 1.36. The first-order valence-electron chi connectivity index (χ1n) is 12.0. The van der Waals surface area contributed by atoms with Crippen molar-refractivity contribution in [1.82, 2.24) is 25.2 Å². The van der Waals surface area contributed by atoms with Gasteiger partial charge in [0, 0.05) is 25.8 Å². The van der Waals surface area contributed by atoms with E-state index in [2.05, 4.69) is 25.6 Å². The Bertz CT molecular complexity index is 1240. The molecule has 0 radical (unpaired) electrons. The summed E-state index contributed by atoms with van der Waals surface area (Å²) in [5.41, 5.74) is 1.08. The molecular formula is C25H31FN6O3S. The molecule has 36 heavy (non-hydrogen) atoms. The quantitative estimate of drug-likeness (QED) is 0.467. The van der Waals surface area contributed by atoms with E-state index in [1.165, 1.54) is 17.4 Å². The van der Waals surface area contributed by atoms with Gasteiger partial charge in [0.1, 0.15) is 11.4 Å². The molecule has 0 aromatic carbocycles. The Kier molecular flexibility index (Phi) is 7.67. The molecule has 192 valence electrons. The smallest absolute Gasteiger partial charge is 0.410 e. The van der Waals surface area contributed by atoms with Crippen molar-refractivity contribution in [2.24, 2.45) is 5.92 Å². The number of hydrogen-bond acceptors (Lipinski definition) is 8. The second-order valence-electron chi connectivity index (χ2n) is 9.96. The van der Waals surface area contributed by atoms with Crippen molar-refractivity contribution in [3.05, 3.63) is 47.0 Å². The maximum Gasteiger partial charge on any atom is 0.410 e. The van der Waals surface area contributed by atoms with Crippen molar-refractivity contribution in [1.29, 1.82) is 0 Å². The van der Waals surface area contributed by atoms with Crippen LogP contribution >= 0.6 is 11.3 Å². The van der Waals surface area contributed by atoms with Crippen LogP contribution in [0.15, 0.2) is 29.9 Å². The number of thiophene rings is 1. The van der Waals surface area contributed by atoms with Crippen molar-refractivity contribution in [3.63, 3.8) is 0 Å². The number of likely N-dealkylation sites (tertiary alicyclic amines) is 1. The maximum atomic E-state index is 13.6. The first-order valence-corrected chi connectivity index (χ1v) is 12.9. The van der Waals surface area contributed by atoms with Crippen LogP contribution in [0.25, 0.3) is 10.2 Å². The minimum Gasteiger partial charge on any atom is -0.444 e. The number of amides is 2. The summed E-state index contributed by atoms with van der Waals surface area (Å²) in [4.78, 5) is 39.9. The molecule has 9 nitrogen and oxygen atoms in total. The highest BCUT2D eigenvalue weighted by Gasteiger charge is 2.29. The standard InChI is InChI=1S/C25H31FN6O3S/c1-15(17-11-18(26)13-27-12-17)29-23-30-19-7-10-36-21(19)20(31-23)22(33)28-8-5-16-6-9-32(14-16)24(34)35-25(2,3)4/h7,10-13,15-16H,5-6,8-9,14H2,1-4H3,(H,28,33)(H,29,30,31). The minimum absolute atomic E-state index is 0.282. The van der Waals surface area contributed by atoms with Crippen LogP contribution in [0.3, 0.4) is 0 Å². The lowest BCUT2D eigenvalue weighted by atomic mass is 10.1. The van der Waals surface area contributed by atoms with Gasteiger partial charge in [-0.2, -0.15) is 0 Å². The Labute approximate surface area is 213 Å². The molecular weight excluding hydrogens is 483 g/mol. The molecule has 1 aliphatic rings. The van der Waals surface area contributed by atoms with Gasteiger partial charge < -0.3 is 20.3 Å². The van der Waals surface area contributed by atoms with Gasteiger partial charge in [-0.25, -0.2) is 19.2 Å². The predicted octanol–water partition coefficient (Wildman–Crippen LogP) is 4.78. The zero-order chi connectivity index (χ0) is 25.9. The van der Waals surface area contributed by atoms with Crippen LogP contribution in [-0.2, 0) is 4.74 Å². The molecule has 0 bridgehead atoms. The number of anilines is 1. The normalized spacial score (nSPS) is 16.7. The second-order valence-corrected chi connectivity index (χ2v) is 10.9. The van der Waals surface area contributed by atoms with Gasteiger partial charge in [0.25, 0.3) is 5.91 Å². The van der Waals surface area contributed by atoms with Crippen LogP contribution in [0.5, 0.6) is 0 Å². The summed E-state index contributed by atoms with van der Waals surface area (Å²) < 4.78 is 19.7. The molecule has 4 rings (SSSR count). The summed E-state index contributed by atoms with van der Waals surface area (Å²) in [6.07, 6.45) is 4.05. The van der Waals surface area contributed by atoms with E-state index in [0.717, 1.165) is 19.0 Å². The monoisotopic (exact) mass is 514 g/mol. The highest BCUT2D eigenvalue weighted by molar-refractivity contribution is 7.17. The van der Waals surface area contributed by atoms with Crippen molar-refractivity contribution < 1.29 is 18.7 Å². The fourth-order valence-corrected chi connectivity index (χ4v) is 4.88. The van der Waals surface area contributed by atoms with Gasteiger partial charge in [-0.3, -0.25) is 9.78 Å². The van der Waals surface area contributed by atoms with Gasteiger partial charge in [0.2, 0.25) is 5.95 Å². The van der Waals surface area contributed by atoms with E-state index in [1.807, 2.05) is 39.1 Å². The average Bonchev–Trinajstić information content (AvgIpc) is 3.47. The topological polar surface area (TPSA) is 109 Å². The molecule has 2 atom stereocenters. The first kappa shape index (κ1) is 25.7. The summed E-state index contributed by atoms with van der Waals surface area (Å²) in [6.45, 7) is 9.15. The number of aromatic nitrogens is 3. The molecule has 1 fully saturated rings. The van der Waals surface area contributed by atoms with E-state index >= 15 is 0 Å². The van der Waals surface area contributed by atoms with E-state index in [9.17, 15) is 14.0 Å². The Morgan fingerprint density at radius 2 is 2.11 bits per heavy atom. The third kappa shape index (κ3) is 6.45. The summed E-state index contributed by atoms with van der Waals surface area (Å²) in [5.74, 6) is -0.128. The number of nitrogens with zero attached hydrogens (tertiary/aromatic N) is 4. The van der Waals surface area contributed by atoms with Crippen molar-refractivity contribution in [2.45, 2.75) is 52.2 Å². The Morgan fingerprint density at radius 3 is 2.86 bits per heavy atom. The molecule has 3 aromatic heterocycles. The maximum absolute atomic E-state index is 13.6. The molecule has 0 spiro atoms. The minimum atomic E-state index is -0.520. The molecule has 2 unspecified atom stereocenters. The lowest BCUT2D eigenvalue weighted by molar-refractivity contribution is 0.0287. The van der Waals surface area contributed by atoms with Crippen LogP contribution in [0, 0.1) is 11.7 Å². The van der Waals surface area contributed by atoms with Crippen molar-refractivity contribution >= 4 is 39.5 Å². The molecule has 3 aromatic rings. The Hall–Kier alpha value is -3.34. The number of nitrogens with one attached hydrogen (secondary N) is 2. The molecule has 0 saturated carbocycles. The summed E-state index contributed by atoms with van der Waals surface area (Å²) in [6, 6.07) is 2.92. The Morgan fingerprint density at radius 1 is 1.31 bits per heavy atom. The number of halogens is 1. The van der Waals surface area contributed by atoms with Gasteiger partial charge in [0.15, 0.2) is 5.69 Å². The second kappa shape index (κ2) is 10.7. The third-order valence-corrected chi connectivity index (χ3v) is 6.78. The molecule has 2 N–H and O–H groups in total. The van der Waals surface area contributed by atoms with Gasteiger partial charge in [-0.05, 0) is 69.5 Å². The average molecular weight is 515 g/mol. The van der Waals surface area contributed by atoms with Gasteiger partial charge in [-0.15, -0.1) is 11.3 Å².